The minimum atomic E-state index is -0.540. The van der Waals surface area contributed by atoms with Crippen molar-refractivity contribution in [2.45, 2.75) is 22.5 Å². The number of aromatic nitrogens is 4. The molecule has 0 atom stereocenters. The lowest BCUT2D eigenvalue weighted by Gasteiger charge is -2.02. The fourth-order valence-electron chi connectivity index (χ4n) is 2.16. The zero-order valence-electron chi connectivity index (χ0n) is 16.1. The van der Waals surface area contributed by atoms with E-state index in [0.29, 0.717) is 15.0 Å². The fourth-order valence-corrected chi connectivity index (χ4v) is 5.37. The van der Waals surface area contributed by atoms with E-state index in [1.807, 2.05) is 6.92 Å². The van der Waals surface area contributed by atoms with Crippen molar-refractivity contribution in [3.63, 3.8) is 0 Å². The van der Waals surface area contributed by atoms with Crippen LogP contribution in [0.5, 0.6) is 0 Å². The Labute approximate surface area is 192 Å². The molecule has 15 heteroatoms. The number of amides is 2. The molecular formula is C16H15N7O4S4. The van der Waals surface area contributed by atoms with Gasteiger partial charge in [-0.25, -0.2) is 0 Å². The molecule has 2 N–H and O–H groups in total. The second kappa shape index (κ2) is 10.6. The summed E-state index contributed by atoms with van der Waals surface area (Å²) in [5.41, 5.74) is 0.463. The number of anilines is 2. The molecule has 2 aromatic heterocycles. The predicted octanol–water partition coefficient (Wildman–Crippen LogP) is 3.70. The van der Waals surface area contributed by atoms with Crippen molar-refractivity contribution in [2.24, 2.45) is 0 Å². The van der Waals surface area contributed by atoms with Crippen LogP contribution in [0.3, 0.4) is 0 Å². The maximum Gasteiger partial charge on any atom is 0.273 e. The average Bonchev–Trinajstić information content (AvgIpc) is 3.36. The van der Waals surface area contributed by atoms with Gasteiger partial charge in [0.2, 0.25) is 16.2 Å². The van der Waals surface area contributed by atoms with Gasteiger partial charge in [-0.15, -0.1) is 20.4 Å². The number of carbonyl (C=O) groups excluding carboxylic acids is 2. The molecule has 2 heterocycles. The van der Waals surface area contributed by atoms with Crippen LogP contribution in [-0.4, -0.2) is 48.6 Å². The maximum atomic E-state index is 12.3. The van der Waals surface area contributed by atoms with Crippen LogP contribution in [-0.2, 0) is 4.79 Å². The van der Waals surface area contributed by atoms with E-state index >= 15 is 0 Å². The van der Waals surface area contributed by atoms with Gasteiger partial charge in [-0.05, 0) is 18.7 Å². The Bertz CT molecular complexity index is 1120. The van der Waals surface area contributed by atoms with E-state index in [0.717, 1.165) is 33.2 Å². The van der Waals surface area contributed by atoms with Crippen LogP contribution in [0.2, 0.25) is 0 Å². The lowest BCUT2D eigenvalue weighted by atomic mass is 10.1. The Balaban J connectivity index is 1.53. The first-order valence-electron chi connectivity index (χ1n) is 8.64. The SMILES string of the molecule is CCSc1nnc(NC(=O)CSc2nnc(NC(=O)c3ccc(C)c([N+](=O)[O-])c3)s2)s1. The molecule has 2 amide bonds. The van der Waals surface area contributed by atoms with E-state index in [1.165, 1.54) is 29.5 Å². The summed E-state index contributed by atoms with van der Waals surface area (Å²) < 4.78 is 1.27. The number of rotatable bonds is 9. The molecule has 0 unspecified atom stereocenters. The molecule has 162 valence electrons. The lowest BCUT2D eigenvalue weighted by Crippen LogP contribution is -2.13. The smallest absolute Gasteiger partial charge is 0.273 e. The number of nitro groups is 1. The second-order valence-electron chi connectivity index (χ2n) is 5.73. The molecule has 3 aromatic rings. The lowest BCUT2D eigenvalue weighted by molar-refractivity contribution is -0.385. The monoisotopic (exact) mass is 497 g/mol. The van der Waals surface area contributed by atoms with Crippen LogP contribution in [0.1, 0.15) is 22.8 Å². The Kier molecular flexibility index (Phi) is 7.89. The van der Waals surface area contributed by atoms with Crippen LogP contribution < -0.4 is 10.6 Å². The molecule has 0 radical (unpaired) electrons. The highest BCUT2D eigenvalue weighted by Gasteiger charge is 2.17. The number of nitrogens with zero attached hydrogens (tertiary/aromatic N) is 5. The molecule has 0 spiro atoms. The highest BCUT2D eigenvalue weighted by atomic mass is 32.2. The number of nitro benzene ring substituents is 1. The molecule has 0 saturated heterocycles. The number of aryl methyl sites for hydroxylation is 1. The fraction of sp³-hybridized carbons (Fsp3) is 0.250. The van der Waals surface area contributed by atoms with Crippen molar-refractivity contribution in [2.75, 3.05) is 22.1 Å². The zero-order chi connectivity index (χ0) is 22.4. The van der Waals surface area contributed by atoms with E-state index in [-0.39, 0.29) is 28.0 Å². The Morgan fingerprint density at radius 3 is 2.35 bits per heavy atom. The summed E-state index contributed by atoms with van der Waals surface area (Å²) in [6.07, 6.45) is 0. The Morgan fingerprint density at radius 1 is 1.06 bits per heavy atom. The summed E-state index contributed by atoms with van der Waals surface area (Å²) >= 11 is 5.11. The van der Waals surface area contributed by atoms with Gasteiger partial charge in [-0.1, -0.05) is 59.2 Å². The largest absolute Gasteiger partial charge is 0.300 e. The summed E-state index contributed by atoms with van der Waals surface area (Å²) in [6.45, 7) is 3.60. The third-order valence-corrected chi connectivity index (χ3v) is 7.37. The van der Waals surface area contributed by atoms with Crippen molar-refractivity contribution in [3.05, 3.63) is 39.4 Å². The van der Waals surface area contributed by atoms with Crippen molar-refractivity contribution in [3.8, 4) is 0 Å². The normalized spacial score (nSPS) is 10.6. The van der Waals surface area contributed by atoms with Gasteiger partial charge in [0.05, 0.1) is 10.7 Å². The molecule has 0 fully saturated rings. The molecular weight excluding hydrogens is 482 g/mol. The van der Waals surface area contributed by atoms with E-state index < -0.39 is 10.8 Å². The third kappa shape index (κ3) is 6.43. The second-order valence-corrected chi connectivity index (χ2v) is 10.4. The van der Waals surface area contributed by atoms with Gasteiger partial charge >= 0.3 is 0 Å². The van der Waals surface area contributed by atoms with Crippen molar-refractivity contribution >= 4 is 74.0 Å². The molecule has 0 aliphatic carbocycles. The summed E-state index contributed by atoms with van der Waals surface area (Å²) in [4.78, 5) is 34.9. The van der Waals surface area contributed by atoms with Crippen molar-refractivity contribution < 1.29 is 14.5 Å². The molecule has 0 bridgehead atoms. The van der Waals surface area contributed by atoms with Crippen molar-refractivity contribution in [1.82, 2.24) is 20.4 Å². The van der Waals surface area contributed by atoms with Crippen LogP contribution in [0, 0.1) is 17.0 Å². The van der Waals surface area contributed by atoms with Crippen molar-refractivity contribution in [1.29, 1.82) is 0 Å². The molecule has 31 heavy (non-hydrogen) atoms. The Morgan fingerprint density at radius 2 is 1.71 bits per heavy atom. The zero-order valence-corrected chi connectivity index (χ0v) is 19.4. The van der Waals surface area contributed by atoms with Crippen LogP contribution in [0.25, 0.3) is 0 Å². The van der Waals surface area contributed by atoms with Gasteiger partial charge in [0, 0.05) is 17.2 Å². The highest BCUT2D eigenvalue weighted by molar-refractivity contribution is 8.01. The molecule has 0 saturated carbocycles. The number of hydrogen-bond acceptors (Lipinski definition) is 12. The van der Waals surface area contributed by atoms with Crippen LogP contribution in [0.15, 0.2) is 26.9 Å². The average molecular weight is 498 g/mol. The van der Waals surface area contributed by atoms with Crippen LogP contribution in [0.4, 0.5) is 16.0 Å². The standard InChI is InChI=1S/C16H15N7O4S4/c1-3-28-15-21-19-13(30-15)17-11(24)7-29-16-22-20-14(31-16)18-12(25)9-5-4-8(2)10(6-9)23(26)27/h4-6H,3,7H2,1-2H3,(H,17,19,24)(H,18,20,25). The quantitative estimate of drug-likeness (QED) is 0.194. The predicted molar refractivity (Wildman–Crippen MR) is 121 cm³/mol. The van der Waals surface area contributed by atoms with E-state index in [4.69, 9.17) is 0 Å². The number of nitrogens with one attached hydrogen (secondary N) is 2. The number of hydrogen-bond donors (Lipinski definition) is 2. The molecule has 3 rings (SSSR count). The summed E-state index contributed by atoms with van der Waals surface area (Å²) in [7, 11) is 0. The summed E-state index contributed by atoms with van der Waals surface area (Å²) in [6, 6.07) is 4.22. The van der Waals surface area contributed by atoms with Crippen LogP contribution >= 0.6 is 46.2 Å². The van der Waals surface area contributed by atoms with Gasteiger partial charge in [-0.2, -0.15) is 0 Å². The van der Waals surface area contributed by atoms with Gasteiger partial charge in [0.25, 0.3) is 11.6 Å². The molecule has 0 aliphatic rings. The number of carbonyl (C=O) groups is 2. The first-order chi connectivity index (χ1) is 14.9. The van der Waals surface area contributed by atoms with Gasteiger partial charge < -0.3 is 0 Å². The summed E-state index contributed by atoms with van der Waals surface area (Å²) in [5, 5.41) is 32.6. The molecule has 0 aliphatic heterocycles. The minimum absolute atomic E-state index is 0.0859. The third-order valence-electron chi connectivity index (χ3n) is 3.54. The molecule has 11 nitrogen and oxygen atoms in total. The highest BCUT2D eigenvalue weighted by Crippen LogP contribution is 2.28. The summed E-state index contributed by atoms with van der Waals surface area (Å²) in [5.74, 6) is 0.157. The number of benzene rings is 1. The number of thioether (sulfide) groups is 2. The first kappa shape index (κ1) is 23.1. The van der Waals surface area contributed by atoms with Gasteiger partial charge in [0.15, 0.2) is 8.68 Å². The van der Waals surface area contributed by atoms with E-state index in [2.05, 4.69) is 31.0 Å². The maximum absolute atomic E-state index is 12.3. The minimum Gasteiger partial charge on any atom is -0.300 e. The Hall–Kier alpha value is -2.62. The van der Waals surface area contributed by atoms with E-state index in [9.17, 15) is 19.7 Å². The van der Waals surface area contributed by atoms with Gasteiger partial charge in [0.1, 0.15) is 0 Å². The topological polar surface area (TPSA) is 153 Å². The van der Waals surface area contributed by atoms with E-state index in [1.54, 1.807) is 18.7 Å². The molecule has 1 aromatic carbocycles. The van der Waals surface area contributed by atoms with Gasteiger partial charge in [-0.3, -0.25) is 30.3 Å². The first-order valence-corrected chi connectivity index (χ1v) is 12.2.